The van der Waals surface area contributed by atoms with Gasteiger partial charge in [-0.3, -0.25) is 14.6 Å². The highest BCUT2D eigenvalue weighted by Crippen LogP contribution is 2.44. The molecule has 3 aromatic rings. The molecular weight excluding hydrogens is 453 g/mol. The number of aliphatic hydroxyl groups is 2. The Kier molecular flexibility index (Phi) is 6.31. The summed E-state index contributed by atoms with van der Waals surface area (Å²) < 4.78 is 21.3. The van der Waals surface area contributed by atoms with Gasteiger partial charge < -0.3 is 14.9 Å². The van der Waals surface area contributed by atoms with Crippen LogP contribution in [0.4, 0.5) is 4.39 Å². The van der Waals surface area contributed by atoms with Crippen LogP contribution in [0.1, 0.15) is 59.7 Å². The minimum absolute atomic E-state index is 0.0428. The average Bonchev–Trinajstić information content (AvgIpc) is 2.85. The maximum atomic E-state index is 14.2. The standard InChI is InChI=1S/C26H26FN3O5/c27-19-5-1-2-6-20(19)30-25(33)18(9-12-29-30)21(31)13-16-15-28-11-8-17(16)22-14-23(32)26(34)10-4-3-7-24(26)35-22/h1-2,5-6,8-9,11-12,15,22-24,32,34H,3-4,7,10,13-14H2/t22-,23-,24-,26+/m1/s1. The minimum Gasteiger partial charge on any atom is -0.390 e. The number of fused-ring (bicyclic) bond motifs is 1. The van der Waals surface area contributed by atoms with Gasteiger partial charge in [0, 0.05) is 31.4 Å². The fourth-order valence-electron chi connectivity index (χ4n) is 5.16. The zero-order valence-electron chi connectivity index (χ0n) is 19.0. The molecule has 0 radical (unpaired) electrons. The lowest BCUT2D eigenvalue weighted by Gasteiger charge is -2.49. The molecule has 8 nitrogen and oxygen atoms in total. The Labute approximate surface area is 201 Å². The van der Waals surface area contributed by atoms with Crippen molar-refractivity contribution in [3.8, 4) is 5.69 Å². The second kappa shape index (κ2) is 9.41. The monoisotopic (exact) mass is 479 g/mol. The molecule has 1 aliphatic heterocycles. The number of rotatable bonds is 5. The molecule has 3 heterocycles. The number of hydrogen-bond acceptors (Lipinski definition) is 7. The fraction of sp³-hybridized carbons (Fsp3) is 0.385. The van der Waals surface area contributed by atoms with E-state index in [1.807, 2.05) is 0 Å². The van der Waals surface area contributed by atoms with Crippen LogP contribution in [-0.4, -0.2) is 48.6 Å². The van der Waals surface area contributed by atoms with E-state index in [2.05, 4.69) is 10.1 Å². The van der Waals surface area contributed by atoms with E-state index in [0.29, 0.717) is 24.0 Å². The summed E-state index contributed by atoms with van der Waals surface area (Å²) in [7, 11) is 0. The van der Waals surface area contributed by atoms with Crippen LogP contribution in [0.15, 0.2) is 59.8 Å². The van der Waals surface area contributed by atoms with Crippen molar-refractivity contribution in [3.05, 3.63) is 87.9 Å². The molecule has 9 heteroatoms. The maximum Gasteiger partial charge on any atom is 0.282 e. The Morgan fingerprint density at radius 1 is 1.20 bits per heavy atom. The number of para-hydroxylation sites is 1. The number of pyridine rings is 1. The molecule has 35 heavy (non-hydrogen) atoms. The number of Topliss-reactive ketones (excluding diaryl/α,β-unsaturated/α-hetero) is 1. The summed E-state index contributed by atoms with van der Waals surface area (Å²) in [6, 6.07) is 8.76. The highest BCUT2D eigenvalue weighted by atomic mass is 19.1. The van der Waals surface area contributed by atoms with E-state index in [-0.39, 0.29) is 24.1 Å². The predicted octanol–water partition coefficient (Wildman–Crippen LogP) is 2.69. The highest BCUT2D eigenvalue weighted by Gasteiger charge is 2.51. The van der Waals surface area contributed by atoms with Crippen LogP contribution in [0.5, 0.6) is 0 Å². The van der Waals surface area contributed by atoms with Crippen LogP contribution in [0.25, 0.3) is 5.69 Å². The number of halogens is 1. The van der Waals surface area contributed by atoms with E-state index in [4.69, 9.17) is 4.74 Å². The van der Waals surface area contributed by atoms with Gasteiger partial charge in [-0.15, -0.1) is 0 Å². The summed E-state index contributed by atoms with van der Waals surface area (Å²) in [5.74, 6) is -1.10. The van der Waals surface area contributed by atoms with Crippen molar-refractivity contribution in [1.29, 1.82) is 0 Å². The van der Waals surface area contributed by atoms with Crippen molar-refractivity contribution >= 4 is 5.78 Å². The summed E-state index contributed by atoms with van der Waals surface area (Å²) in [5.41, 5.74) is -0.895. The maximum absolute atomic E-state index is 14.2. The molecule has 2 aliphatic rings. The third-order valence-corrected chi connectivity index (χ3v) is 7.06. The zero-order chi connectivity index (χ0) is 24.6. The normalized spacial score (nSPS) is 26.2. The number of carbonyl (C=O) groups is 1. The third kappa shape index (κ3) is 4.31. The van der Waals surface area contributed by atoms with E-state index >= 15 is 0 Å². The van der Waals surface area contributed by atoms with E-state index in [0.717, 1.165) is 17.5 Å². The number of aromatic nitrogens is 3. The van der Waals surface area contributed by atoms with E-state index < -0.39 is 41.1 Å². The van der Waals surface area contributed by atoms with Gasteiger partial charge in [-0.2, -0.15) is 9.78 Å². The van der Waals surface area contributed by atoms with Gasteiger partial charge in [-0.25, -0.2) is 4.39 Å². The van der Waals surface area contributed by atoms with E-state index in [1.165, 1.54) is 30.5 Å². The molecule has 1 aliphatic carbocycles. The summed E-state index contributed by atoms with van der Waals surface area (Å²) in [6.45, 7) is 0. The Bertz CT molecular complexity index is 1310. The number of hydrogen-bond donors (Lipinski definition) is 2. The number of ketones is 1. The van der Waals surface area contributed by atoms with Crippen molar-refractivity contribution in [1.82, 2.24) is 14.8 Å². The van der Waals surface area contributed by atoms with Crippen LogP contribution in [0, 0.1) is 5.82 Å². The van der Waals surface area contributed by atoms with Gasteiger partial charge >= 0.3 is 0 Å². The predicted molar refractivity (Wildman–Crippen MR) is 124 cm³/mol. The smallest absolute Gasteiger partial charge is 0.282 e. The third-order valence-electron chi connectivity index (χ3n) is 7.06. The van der Waals surface area contributed by atoms with Gasteiger partial charge in [0.25, 0.3) is 5.56 Å². The summed E-state index contributed by atoms with van der Waals surface area (Å²) in [5, 5.41) is 25.6. The van der Waals surface area contributed by atoms with Crippen molar-refractivity contribution in [2.75, 3.05) is 0 Å². The van der Waals surface area contributed by atoms with Crippen LogP contribution in [-0.2, 0) is 11.2 Å². The second-order valence-electron chi connectivity index (χ2n) is 9.19. The van der Waals surface area contributed by atoms with Crippen LogP contribution >= 0.6 is 0 Å². The molecule has 1 saturated heterocycles. The molecule has 0 amide bonds. The van der Waals surface area contributed by atoms with Gasteiger partial charge in [-0.1, -0.05) is 25.0 Å². The minimum atomic E-state index is -1.26. The lowest BCUT2D eigenvalue weighted by atomic mass is 9.74. The molecule has 0 spiro atoms. The number of nitrogens with zero attached hydrogens (tertiary/aromatic N) is 3. The Morgan fingerprint density at radius 2 is 2.03 bits per heavy atom. The first kappa shape index (κ1) is 23.5. The first-order valence-corrected chi connectivity index (χ1v) is 11.7. The summed E-state index contributed by atoms with van der Waals surface area (Å²) in [6.07, 6.45) is 5.39. The molecule has 1 aromatic carbocycles. The molecular formula is C26H26FN3O5. The SMILES string of the molecule is O=C(Cc1cnccc1[C@H]1C[C@@H](O)[C@@]2(O)CCCC[C@H]2O1)c1ccnn(-c2ccccc2F)c1=O. The van der Waals surface area contributed by atoms with Crippen LogP contribution in [0.3, 0.4) is 0 Å². The van der Waals surface area contributed by atoms with E-state index in [1.54, 1.807) is 24.5 Å². The summed E-state index contributed by atoms with van der Waals surface area (Å²) in [4.78, 5) is 30.3. The quantitative estimate of drug-likeness (QED) is 0.541. The van der Waals surface area contributed by atoms with Crippen molar-refractivity contribution < 1.29 is 24.1 Å². The average molecular weight is 480 g/mol. The largest absolute Gasteiger partial charge is 0.390 e. The Morgan fingerprint density at radius 3 is 2.86 bits per heavy atom. The molecule has 2 fully saturated rings. The molecule has 2 aromatic heterocycles. The first-order chi connectivity index (χ1) is 16.9. The Balaban J connectivity index is 1.42. The Hall–Kier alpha value is -3.27. The molecule has 182 valence electrons. The van der Waals surface area contributed by atoms with Crippen molar-refractivity contribution in [2.45, 2.75) is 62.4 Å². The summed E-state index contributed by atoms with van der Waals surface area (Å²) >= 11 is 0. The zero-order valence-corrected chi connectivity index (χ0v) is 19.0. The van der Waals surface area contributed by atoms with Gasteiger partial charge in [0.2, 0.25) is 0 Å². The fourth-order valence-corrected chi connectivity index (χ4v) is 5.16. The number of carbonyl (C=O) groups excluding carboxylic acids is 1. The van der Waals surface area contributed by atoms with Crippen molar-refractivity contribution in [2.24, 2.45) is 0 Å². The number of aliphatic hydroxyl groups excluding tert-OH is 1. The molecule has 5 rings (SSSR count). The van der Waals surface area contributed by atoms with Gasteiger partial charge in [-0.05, 0) is 48.2 Å². The van der Waals surface area contributed by atoms with Gasteiger partial charge in [0.15, 0.2) is 5.78 Å². The van der Waals surface area contributed by atoms with E-state index in [9.17, 15) is 24.2 Å². The lowest BCUT2D eigenvalue weighted by Crippen LogP contribution is -2.58. The first-order valence-electron chi connectivity index (χ1n) is 11.7. The number of ether oxygens (including phenoxy) is 1. The number of benzene rings is 1. The van der Waals surface area contributed by atoms with Crippen LogP contribution in [0.2, 0.25) is 0 Å². The molecule has 0 bridgehead atoms. The second-order valence-corrected chi connectivity index (χ2v) is 9.19. The van der Waals surface area contributed by atoms with Gasteiger partial charge in [0.1, 0.15) is 17.1 Å². The molecule has 1 saturated carbocycles. The molecule has 2 N–H and O–H groups in total. The lowest BCUT2D eigenvalue weighted by molar-refractivity contribution is -0.242. The highest BCUT2D eigenvalue weighted by molar-refractivity contribution is 5.97. The van der Waals surface area contributed by atoms with Crippen LogP contribution < -0.4 is 5.56 Å². The van der Waals surface area contributed by atoms with Gasteiger partial charge in [0.05, 0.1) is 23.9 Å². The molecule has 0 unspecified atom stereocenters. The molecule has 4 atom stereocenters. The topological polar surface area (TPSA) is 115 Å². The van der Waals surface area contributed by atoms with Crippen molar-refractivity contribution in [3.63, 3.8) is 0 Å².